The van der Waals surface area contributed by atoms with E-state index < -0.39 is 5.82 Å². The van der Waals surface area contributed by atoms with Crippen LogP contribution < -0.4 is 16.0 Å². The van der Waals surface area contributed by atoms with Gasteiger partial charge in [-0.05, 0) is 74.8 Å². The van der Waals surface area contributed by atoms with Crippen molar-refractivity contribution in [2.45, 2.75) is 58.0 Å². The predicted molar refractivity (Wildman–Crippen MR) is 131 cm³/mol. The first-order valence-corrected chi connectivity index (χ1v) is 11.6. The van der Waals surface area contributed by atoms with E-state index in [1.165, 1.54) is 12.1 Å². The van der Waals surface area contributed by atoms with Gasteiger partial charge in [0.1, 0.15) is 5.82 Å². The van der Waals surface area contributed by atoms with Gasteiger partial charge >= 0.3 is 0 Å². The standard InChI is InChI=1S/C26H32FN5O/c1-15(2)32(4)19-12-22-23(27)6-5-21(25(22)30-13-19)26(33)31-24-14-29-8-7-20(24)17-9-16(3)10-18(28)11-17/h5-8,12-18H,9-11,28H2,1-4H3,(H,31,33)/t16-,17+,18-/m0/s1. The summed E-state index contributed by atoms with van der Waals surface area (Å²) in [5.41, 5.74) is 9.45. The van der Waals surface area contributed by atoms with Gasteiger partial charge < -0.3 is 16.0 Å². The van der Waals surface area contributed by atoms with Crippen LogP contribution in [-0.4, -0.2) is 35.0 Å². The first-order valence-electron chi connectivity index (χ1n) is 11.6. The lowest BCUT2D eigenvalue weighted by molar-refractivity contribution is 0.102. The van der Waals surface area contributed by atoms with Crippen LogP contribution in [0, 0.1) is 11.7 Å². The molecule has 2 heterocycles. The summed E-state index contributed by atoms with van der Waals surface area (Å²) in [6.07, 6.45) is 8.02. The average Bonchev–Trinajstić information content (AvgIpc) is 2.78. The van der Waals surface area contributed by atoms with Crippen molar-refractivity contribution >= 4 is 28.2 Å². The maximum atomic E-state index is 14.7. The van der Waals surface area contributed by atoms with Gasteiger partial charge in [-0.2, -0.15) is 0 Å². The number of pyridine rings is 2. The van der Waals surface area contributed by atoms with Crippen LogP contribution in [0.5, 0.6) is 0 Å². The summed E-state index contributed by atoms with van der Waals surface area (Å²) in [7, 11) is 1.93. The zero-order valence-electron chi connectivity index (χ0n) is 19.7. The van der Waals surface area contributed by atoms with Gasteiger partial charge in [0.25, 0.3) is 5.91 Å². The number of aromatic nitrogens is 2. The number of hydrogen-bond acceptors (Lipinski definition) is 5. The fraction of sp³-hybridized carbons (Fsp3) is 0.423. The molecule has 0 saturated heterocycles. The van der Waals surface area contributed by atoms with Crippen molar-refractivity contribution in [2.24, 2.45) is 11.7 Å². The van der Waals surface area contributed by atoms with Gasteiger partial charge in [-0.25, -0.2) is 4.39 Å². The maximum Gasteiger partial charge on any atom is 0.257 e. The van der Waals surface area contributed by atoms with Crippen LogP contribution in [0.4, 0.5) is 15.8 Å². The van der Waals surface area contributed by atoms with E-state index >= 15 is 0 Å². The van der Waals surface area contributed by atoms with E-state index in [-0.39, 0.29) is 23.9 Å². The van der Waals surface area contributed by atoms with Crippen LogP contribution in [0.25, 0.3) is 10.9 Å². The molecule has 3 aromatic rings. The second kappa shape index (κ2) is 9.43. The van der Waals surface area contributed by atoms with Gasteiger partial charge in [-0.1, -0.05) is 6.92 Å². The Hall–Kier alpha value is -3.06. The molecule has 2 aromatic heterocycles. The number of anilines is 2. The molecular formula is C26H32FN5O. The number of hydrogen-bond donors (Lipinski definition) is 2. The smallest absolute Gasteiger partial charge is 0.257 e. The Kier molecular flexibility index (Phi) is 6.61. The Morgan fingerprint density at radius 2 is 2.00 bits per heavy atom. The molecule has 0 unspecified atom stereocenters. The summed E-state index contributed by atoms with van der Waals surface area (Å²) < 4.78 is 14.7. The highest BCUT2D eigenvalue weighted by Gasteiger charge is 2.27. The number of benzene rings is 1. The third kappa shape index (κ3) is 4.83. The maximum absolute atomic E-state index is 14.7. The molecule has 1 amide bonds. The highest BCUT2D eigenvalue weighted by molar-refractivity contribution is 6.12. The lowest BCUT2D eigenvalue weighted by Gasteiger charge is -2.32. The molecule has 1 fully saturated rings. The van der Waals surface area contributed by atoms with E-state index in [0.717, 1.165) is 30.5 Å². The van der Waals surface area contributed by atoms with E-state index in [2.05, 4.69) is 36.1 Å². The molecule has 3 N–H and O–H groups in total. The second-order valence-corrected chi connectivity index (χ2v) is 9.58. The zero-order chi connectivity index (χ0) is 23.7. The largest absolute Gasteiger partial charge is 0.371 e. The van der Waals surface area contributed by atoms with Crippen molar-refractivity contribution in [2.75, 3.05) is 17.3 Å². The Morgan fingerprint density at radius 3 is 2.73 bits per heavy atom. The van der Waals surface area contributed by atoms with Crippen molar-refractivity contribution in [3.63, 3.8) is 0 Å². The third-order valence-electron chi connectivity index (χ3n) is 6.73. The molecular weight excluding hydrogens is 417 g/mol. The van der Waals surface area contributed by atoms with Crippen LogP contribution >= 0.6 is 0 Å². The van der Waals surface area contributed by atoms with Crippen molar-refractivity contribution in [1.82, 2.24) is 9.97 Å². The molecule has 1 aliphatic carbocycles. The van der Waals surface area contributed by atoms with Crippen molar-refractivity contribution in [3.8, 4) is 0 Å². The number of carbonyl (C=O) groups excluding carboxylic acids is 1. The number of carbonyl (C=O) groups is 1. The Balaban J connectivity index is 1.66. The van der Waals surface area contributed by atoms with Gasteiger partial charge in [0.05, 0.1) is 34.8 Å². The minimum Gasteiger partial charge on any atom is -0.371 e. The molecule has 6 nitrogen and oxygen atoms in total. The summed E-state index contributed by atoms with van der Waals surface area (Å²) in [4.78, 5) is 24.0. The van der Waals surface area contributed by atoms with E-state index in [4.69, 9.17) is 5.73 Å². The number of amides is 1. The number of nitrogens with two attached hydrogens (primary N) is 1. The quantitative estimate of drug-likeness (QED) is 0.566. The Labute approximate surface area is 194 Å². The van der Waals surface area contributed by atoms with Crippen LogP contribution in [0.3, 0.4) is 0 Å². The van der Waals surface area contributed by atoms with Crippen molar-refractivity contribution in [1.29, 1.82) is 0 Å². The van der Waals surface area contributed by atoms with Gasteiger partial charge in [0.15, 0.2) is 0 Å². The van der Waals surface area contributed by atoms with Crippen LogP contribution in [0.1, 0.15) is 61.9 Å². The number of rotatable bonds is 5. The molecule has 0 radical (unpaired) electrons. The Morgan fingerprint density at radius 1 is 1.21 bits per heavy atom. The number of nitrogens with one attached hydrogen (secondary N) is 1. The number of nitrogens with zero attached hydrogens (tertiary/aromatic N) is 3. The van der Waals surface area contributed by atoms with E-state index in [0.29, 0.717) is 28.1 Å². The van der Waals surface area contributed by atoms with E-state index in [9.17, 15) is 9.18 Å². The second-order valence-electron chi connectivity index (χ2n) is 9.58. The topological polar surface area (TPSA) is 84.1 Å². The zero-order valence-corrected chi connectivity index (χ0v) is 19.7. The predicted octanol–water partition coefficient (Wildman–Crippen LogP) is 5.10. The molecule has 33 heavy (non-hydrogen) atoms. The lowest BCUT2D eigenvalue weighted by Crippen LogP contribution is -2.31. The van der Waals surface area contributed by atoms with Crippen molar-refractivity contribution in [3.05, 3.63) is 59.8 Å². The van der Waals surface area contributed by atoms with Crippen LogP contribution in [0.2, 0.25) is 0 Å². The SMILES string of the molecule is CC(C)N(C)c1cnc2c(C(=O)Nc3cnccc3[C@@H]3C[C@H](C)C[C@H](N)C3)ccc(F)c2c1. The summed E-state index contributed by atoms with van der Waals surface area (Å²) in [6.45, 7) is 6.32. The molecule has 3 atom stereocenters. The average molecular weight is 450 g/mol. The molecule has 7 heteroatoms. The highest BCUT2D eigenvalue weighted by Crippen LogP contribution is 2.38. The van der Waals surface area contributed by atoms with Crippen LogP contribution in [-0.2, 0) is 0 Å². The molecule has 174 valence electrons. The lowest BCUT2D eigenvalue weighted by atomic mass is 9.76. The molecule has 1 saturated carbocycles. The number of halogens is 1. The third-order valence-corrected chi connectivity index (χ3v) is 6.73. The molecule has 4 rings (SSSR count). The van der Waals surface area contributed by atoms with Crippen LogP contribution in [0.15, 0.2) is 42.9 Å². The molecule has 0 aliphatic heterocycles. The molecule has 1 aromatic carbocycles. The van der Waals surface area contributed by atoms with Crippen molar-refractivity contribution < 1.29 is 9.18 Å². The molecule has 0 bridgehead atoms. The summed E-state index contributed by atoms with van der Waals surface area (Å²) in [6, 6.07) is 6.90. The summed E-state index contributed by atoms with van der Waals surface area (Å²) in [5.74, 6) is 0.0540. The minimum absolute atomic E-state index is 0.152. The van der Waals surface area contributed by atoms with Gasteiger partial charge in [0.2, 0.25) is 0 Å². The van der Waals surface area contributed by atoms with E-state index in [1.54, 1.807) is 24.7 Å². The number of fused-ring (bicyclic) bond motifs is 1. The summed E-state index contributed by atoms with van der Waals surface area (Å²) >= 11 is 0. The normalized spacial score (nSPS) is 20.8. The fourth-order valence-electron chi connectivity index (χ4n) is 4.82. The first kappa shape index (κ1) is 23.1. The van der Waals surface area contributed by atoms with Gasteiger partial charge in [0, 0.05) is 30.7 Å². The van der Waals surface area contributed by atoms with Gasteiger partial charge in [-0.3, -0.25) is 14.8 Å². The minimum atomic E-state index is -0.402. The van der Waals surface area contributed by atoms with E-state index in [1.807, 2.05) is 18.0 Å². The monoisotopic (exact) mass is 449 g/mol. The first-order chi connectivity index (χ1) is 15.7. The fourth-order valence-corrected chi connectivity index (χ4v) is 4.82. The highest BCUT2D eigenvalue weighted by atomic mass is 19.1. The molecule has 1 aliphatic rings. The Bertz CT molecular complexity index is 1150. The van der Waals surface area contributed by atoms with Gasteiger partial charge in [-0.15, -0.1) is 0 Å². The molecule has 0 spiro atoms. The summed E-state index contributed by atoms with van der Waals surface area (Å²) in [5, 5.41) is 3.33.